The van der Waals surface area contributed by atoms with Crippen LogP contribution in [0, 0.1) is 0 Å². The first kappa shape index (κ1) is 40.3. The van der Waals surface area contributed by atoms with E-state index in [4.69, 9.17) is 33.2 Å². The minimum atomic E-state index is -0.560. The average Bonchev–Trinajstić information content (AvgIpc) is 3.17. The highest BCUT2D eigenvalue weighted by Gasteiger charge is 2.17. The van der Waals surface area contributed by atoms with Gasteiger partial charge in [-0.15, -0.1) is 0 Å². The highest BCUT2D eigenvalue weighted by Crippen LogP contribution is 2.09. The zero-order chi connectivity index (χ0) is 36.8. The van der Waals surface area contributed by atoms with Gasteiger partial charge in [-0.3, -0.25) is 9.80 Å². The number of esters is 2. The maximum absolute atomic E-state index is 12.6. The molecule has 1 aromatic carbocycles. The molecular weight excluding hydrogens is 674 g/mol. The number of ether oxygens (including phenoxy) is 7. The van der Waals surface area contributed by atoms with Crippen molar-refractivity contribution >= 4 is 18.0 Å². The van der Waals surface area contributed by atoms with Crippen molar-refractivity contribution in [3.63, 3.8) is 0 Å². The summed E-state index contributed by atoms with van der Waals surface area (Å²) < 4.78 is 39.2. The molecule has 0 spiro atoms. The Labute approximate surface area is 304 Å². The number of amides is 1. The molecule has 4 rings (SSSR count). The number of pyridine rings is 2. The molecule has 3 aromatic rings. The Morgan fingerprint density at radius 2 is 1.23 bits per heavy atom. The molecule has 282 valence electrons. The van der Waals surface area contributed by atoms with Gasteiger partial charge >= 0.3 is 18.0 Å². The van der Waals surface area contributed by atoms with Gasteiger partial charge in [0.2, 0.25) is 0 Å². The molecule has 15 nitrogen and oxygen atoms in total. The second kappa shape index (κ2) is 23.1. The first-order chi connectivity index (χ1) is 25.4. The largest absolute Gasteiger partial charge is 0.464 e. The third-order valence-electron chi connectivity index (χ3n) is 7.95. The van der Waals surface area contributed by atoms with Gasteiger partial charge in [0, 0.05) is 45.8 Å². The molecule has 0 aliphatic carbocycles. The van der Waals surface area contributed by atoms with Gasteiger partial charge in [-0.2, -0.15) is 0 Å². The van der Waals surface area contributed by atoms with E-state index in [1.54, 1.807) is 24.3 Å². The van der Waals surface area contributed by atoms with Gasteiger partial charge in [0.15, 0.2) is 0 Å². The predicted molar refractivity (Wildman–Crippen MR) is 189 cm³/mol. The van der Waals surface area contributed by atoms with Crippen molar-refractivity contribution < 1.29 is 47.5 Å². The Balaban J connectivity index is 1.38. The smallest absolute Gasteiger partial charge is 0.407 e. The highest BCUT2D eigenvalue weighted by atomic mass is 16.6. The van der Waals surface area contributed by atoms with E-state index in [2.05, 4.69) is 25.1 Å². The molecule has 0 bridgehead atoms. The second-order valence-corrected chi connectivity index (χ2v) is 11.8. The molecule has 1 fully saturated rings. The SMILES string of the molecule is COC(=O)c1cccc(CN2CCOCCOCCN(Cc3cccc(C(=O)OC)n3)CCOC(CNC(=O)OCc3ccccc3)COCC2)n1. The summed E-state index contributed by atoms with van der Waals surface area (Å²) in [4.78, 5) is 49.8. The van der Waals surface area contributed by atoms with E-state index >= 15 is 0 Å². The molecule has 1 aliphatic heterocycles. The Morgan fingerprint density at radius 3 is 1.79 bits per heavy atom. The zero-order valence-corrected chi connectivity index (χ0v) is 29.9. The molecule has 52 heavy (non-hydrogen) atoms. The Morgan fingerprint density at radius 1 is 0.692 bits per heavy atom. The van der Waals surface area contributed by atoms with Gasteiger partial charge in [-0.1, -0.05) is 42.5 Å². The Kier molecular flexibility index (Phi) is 17.9. The maximum Gasteiger partial charge on any atom is 0.407 e. The molecule has 3 heterocycles. The minimum absolute atomic E-state index is 0.147. The van der Waals surface area contributed by atoms with Gasteiger partial charge in [0.25, 0.3) is 0 Å². The van der Waals surface area contributed by atoms with Crippen molar-refractivity contribution in [1.82, 2.24) is 25.1 Å². The number of nitrogens with zero attached hydrogens (tertiary/aromatic N) is 4. The lowest BCUT2D eigenvalue weighted by molar-refractivity contribution is -0.0322. The number of carbonyl (C=O) groups is 3. The van der Waals surface area contributed by atoms with Crippen LogP contribution in [0.3, 0.4) is 0 Å². The van der Waals surface area contributed by atoms with Gasteiger partial charge in [-0.25, -0.2) is 24.4 Å². The van der Waals surface area contributed by atoms with Crippen LogP contribution in [0.15, 0.2) is 66.7 Å². The summed E-state index contributed by atoms with van der Waals surface area (Å²) in [6.07, 6.45) is -1.03. The number of benzene rings is 1. The number of hydrogen-bond donors (Lipinski definition) is 1. The van der Waals surface area contributed by atoms with Crippen LogP contribution >= 0.6 is 0 Å². The van der Waals surface area contributed by atoms with Crippen LogP contribution in [0.1, 0.15) is 37.9 Å². The Hall–Kier alpha value is -4.51. The lowest BCUT2D eigenvalue weighted by Crippen LogP contribution is -2.39. The number of nitrogens with one attached hydrogen (secondary N) is 1. The normalized spacial score (nSPS) is 17.6. The summed E-state index contributed by atoms with van der Waals surface area (Å²) in [5.74, 6) is -0.997. The van der Waals surface area contributed by atoms with E-state index in [0.29, 0.717) is 90.3 Å². The van der Waals surface area contributed by atoms with Crippen molar-refractivity contribution in [2.45, 2.75) is 25.8 Å². The summed E-state index contributed by atoms with van der Waals surface area (Å²) in [5, 5.41) is 2.80. The van der Waals surface area contributed by atoms with Gasteiger partial charge in [0.1, 0.15) is 18.0 Å². The van der Waals surface area contributed by atoms with Crippen molar-refractivity contribution in [3.8, 4) is 0 Å². The number of alkyl carbamates (subject to hydrolysis) is 1. The highest BCUT2D eigenvalue weighted by molar-refractivity contribution is 5.87. The van der Waals surface area contributed by atoms with Gasteiger partial charge < -0.3 is 38.5 Å². The molecular formula is C37H49N5O10. The summed E-state index contributed by atoms with van der Waals surface area (Å²) >= 11 is 0. The average molecular weight is 724 g/mol. The van der Waals surface area contributed by atoms with Crippen LogP contribution in [0.4, 0.5) is 4.79 Å². The standard InChI is InChI=1S/C37H49N5O10/c1-46-35(43)33-12-6-10-30(39-33)25-41-14-18-48-22-23-49-19-15-42(26-31-11-7-13-34(40-31)36(44)47-2)17-21-51-32(28-50-20-16-41)24-38-37(45)52-27-29-8-4-3-5-9-29/h3-13,32H,14-28H2,1-2H3,(H,38,45). The minimum Gasteiger partial charge on any atom is -0.464 e. The van der Waals surface area contributed by atoms with Crippen LogP contribution in [-0.2, 0) is 52.9 Å². The van der Waals surface area contributed by atoms with E-state index in [1.165, 1.54) is 14.2 Å². The lowest BCUT2D eigenvalue weighted by atomic mass is 10.2. The second-order valence-electron chi connectivity index (χ2n) is 11.8. The lowest BCUT2D eigenvalue weighted by Gasteiger charge is -2.25. The van der Waals surface area contributed by atoms with E-state index in [9.17, 15) is 14.4 Å². The van der Waals surface area contributed by atoms with Gasteiger partial charge in [0.05, 0.1) is 78.0 Å². The predicted octanol–water partition coefficient (Wildman–Crippen LogP) is 2.73. The Bertz CT molecular complexity index is 1510. The fourth-order valence-electron chi connectivity index (χ4n) is 5.17. The number of aromatic nitrogens is 2. The van der Waals surface area contributed by atoms with Crippen LogP contribution in [0.25, 0.3) is 0 Å². The fraction of sp³-hybridized carbons (Fsp3) is 0.486. The summed E-state index contributed by atoms with van der Waals surface area (Å²) in [5.41, 5.74) is 2.77. The maximum atomic E-state index is 12.6. The molecule has 1 saturated heterocycles. The van der Waals surface area contributed by atoms with Gasteiger partial charge in [-0.05, 0) is 29.8 Å². The van der Waals surface area contributed by atoms with Crippen LogP contribution in [-0.4, -0.2) is 137 Å². The number of hydrogen-bond acceptors (Lipinski definition) is 14. The van der Waals surface area contributed by atoms with Crippen molar-refractivity contribution in [2.24, 2.45) is 0 Å². The van der Waals surface area contributed by atoms with Crippen molar-refractivity contribution in [1.29, 1.82) is 0 Å². The van der Waals surface area contributed by atoms with E-state index in [0.717, 1.165) is 5.56 Å². The third kappa shape index (κ3) is 15.0. The van der Waals surface area contributed by atoms with Crippen molar-refractivity contribution in [2.75, 3.05) is 93.2 Å². The number of methoxy groups -OCH3 is 2. The molecule has 0 radical (unpaired) electrons. The van der Waals surface area contributed by atoms with Crippen LogP contribution in [0.5, 0.6) is 0 Å². The van der Waals surface area contributed by atoms with Crippen LogP contribution in [0.2, 0.25) is 0 Å². The van der Waals surface area contributed by atoms with Crippen molar-refractivity contribution in [3.05, 3.63) is 95.1 Å². The molecule has 15 heteroatoms. The quantitative estimate of drug-likeness (QED) is 0.240. The summed E-state index contributed by atoms with van der Waals surface area (Å²) in [6, 6.07) is 19.9. The zero-order valence-electron chi connectivity index (χ0n) is 29.9. The molecule has 0 saturated carbocycles. The fourth-order valence-corrected chi connectivity index (χ4v) is 5.17. The number of rotatable bonds is 10. The first-order valence-corrected chi connectivity index (χ1v) is 17.3. The van der Waals surface area contributed by atoms with E-state index in [-0.39, 0.29) is 31.1 Å². The summed E-state index contributed by atoms with van der Waals surface area (Å²) in [7, 11) is 2.65. The third-order valence-corrected chi connectivity index (χ3v) is 7.95. The monoisotopic (exact) mass is 723 g/mol. The first-order valence-electron chi connectivity index (χ1n) is 17.3. The molecule has 1 amide bonds. The van der Waals surface area contributed by atoms with E-state index < -0.39 is 24.1 Å². The molecule has 1 aliphatic rings. The molecule has 2 aromatic heterocycles. The molecule has 1 N–H and O–H groups in total. The van der Waals surface area contributed by atoms with Crippen LogP contribution < -0.4 is 5.32 Å². The topological polar surface area (TPSA) is 160 Å². The molecule has 1 unspecified atom stereocenters. The molecule has 1 atom stereocenters. The summed E-state index contributed by atoms with van der Waals surface area (Å²) in [6.45, 7) is 6.11. The number of carbonyl (C=O) groups excluding carboxylic acids is 3. The van der Waals surface area contributed by atoms with E-state index in [1.807, 2.05) is 42.5 Å².